The van der Waals surface area contributed by atoms with Crippen molar-refractivity contribution in [3.63, 3.8) is 0 Å². The van der Waals surface area contributed by atoms with Crippen molar-refractivity contribution >= 4 is 23.6 Å². The van der Waals surface area contributed by atoms with Gasteiger partial charge >= 0.3 is 6.09 Å². The molecule has 1 saturated heterocycles. The summed E-state index contributed by atoms with van der Waals surface area (Å²) in [7, 11) is 0. The van der Waals surface area contributed by atoms with Crippen molar-refractivity contribution < 1.29 is 14.3 Å². The largest absolute Gasteiger partial charge is 0.447 e. The molecule has 0 aliphatic carbocycles. The summed E-state index contributed by atoms with van der Waals surface area (Å²) in [5.41, 5.74) is 0.938. The number of amides is 2. The van der Waals surface area contributed by atoms with Crippen molar-refractivity contribution in [3.8, 4) is 0 Å². The lowest BCUT2D eigenvalue weighted by Crippen LogP contribution is -2.42. The van der Waals surface area contributed by atoms with Crippen molar-refractivity contribution in [2.75, 3.05) is 6.61 Å². The summed E-state index contributed by atoms with van der Waals surface area (Å²) in [6, 6.07) is 6.56. The lowest BCUT2D eigenvalue weighted by Gasteiger charge is -2.08. The van der Waals surface area contributed by atoms with Crippen molar-refractivity contribution in [2.45, 2.75) is 12.6 Å². The Morgan fingerprint density at radius 1 is 1.47 bits per heavy atom. The van der Waals surface area contributed by atoms with Gasteiger partial charge < -0.3 is 15.4 Å². The maximum absolute atomic E-state index is 11.6. The van der Waals surface area contributed by atoms with Gasteiger partial charge in [0.15, 0.2) is 0 Å². The fraction of sp³-hybridized carbons (Fsp3) is 0.273. The first-order valence-corrected chi connectivity index (χ1v) is 5.48. The Morgan fingerprint density at radius 3 is 2.76 bits per heavy atom. The molecule has 1 heterocycles. The summed E-state index contributed by atoms with van der Waals surface area (Å²) in [6.07, 6.45) is -0.559. The molecule has 90 valence electrons. The molecule has 6 heteroatoms. The van der Waals surface area contributed by atoms with Gasteiger partial charge in [0.2, 0.25) is 5.91 Å². The molecule has 1 fully saturated rings. The second-order valence-electron chi connectivity index (χ2n) is 3.64. The summed E-state index contributed by atoms with van der Waals surface area (Å²) in [5, 5.41) is 5.76. The third-order valence-electron chi connectivity index (χ3n) is 2.37. The van der Waals surface area contributed by atoms with Gasteiger partial charge in [-0.2, -0.15) is 0 Å². The van der Waals surface area contributed by atoms with Gasteiger partial charge in [-0.25, -0.2) is 4.79 Å². The molecule has 2 rings (SSSR count). The van der Waals surface area contributed by atoms with Crippen LogP contribution in [0.15, 0.2) is 24.3 Å². The minimum atomic E-state index is -0.602. The Labute approximate surface area is 103 Å². The summed E-state index contributed by atoms with van der Waals surface area (Å²) in [5.74, 6) is -0.259. The molecule has 1 aromatic rings. The summed E-state index contributed by atoms with van der Waals surface area (Å²) >= 11 is 5.74. The van der Waals surface area contributed by atoms with Crippen molar-refractivity contribution in [1.29, 1.82) is 0 Å². The van der Waals surface area contributed by atoms with Gasteiger partial charge in [0.25, 0.3) is 0 Å². The summed E-state index contributed by atoms with van der Waals surface area (Å²) in [4.78, 5) is 22.3. The topological polar surface area (TPSA) is 67.4 Å². The zero-order valence-corrected chi connectivity index (χ0v) is 9.66. The Bertz CT molecular complexity index is 433. The van der Waals surface area contributed by atoms with E-state index in [0.717, 1.165) is 5.56 Å². The second-order valence-corrected chi connectivity index (χ2v) is 4.08. The highest BCUT2D eigenvalue weighted by molar-refractivity contribution is 6.30. The predicted molar refractivity (Wildman–Crippen MR) is 61.6 cm³/mol. The summed E-state index contributed by atoms with van der Waals surface area (Å²) < 4.78 is 4.63. The van der Waals surface area contributed by atoms with Crippen LogP contribution < -0.4 is 10.6 Å². The van der Waals surface area contributed by atoms with Gasteiger partial charge in [0.05, 0.1) is 0 Å². The van der Waals surface area contributed by atoms with E-state index in [2.05, 4.69) is 15.4 Å². The number of halogens is 1. The van der Waals surface area contributed by atoms with Crippen LogP contribution in [0, 0.1) is 0 Å². The van der Waals surface area contributed by atoms with E-state index < -0.39 is 12.1 Å². The van der Waals surface area contributed by atoms with Crippen LogP contribution in [-0.4, -0.2) is 24.6 Å². The van der Waals surface area contributed by atoms with E-state index in [1.165, 1.54) is 0 Å². The Morgan fingerprint density at radius 2 is 2.18 bits per heavy atom. The molecule has 1 aromatic carbocycles. The van der Waals surface area contributed by atoms with Crippen molar-refractivity contribution in [1.82, 2.24) is 10.6 Å². The van der Waals surface area contributed by atoms with Crippen LogP contribution in [0.25, 0.3) is 0 Å². The minimum Gasteiger partial charge on any atom is -0.447 e. The number of cyclic esters (lactones) is 1. The average molecular weight is 255 g/mol. The molecular formula is C11H11ClN2O3. The monoisotopic (exact) mass is 254 g/mol. The Balaban J connectivity index is 1.84. The van der Waals surface area contributed by atoms with E-state index >= 15 is 0 Å². The predicted octanol–water partition coefficient (Wildman–Crippen LogP) is 1.06. The Kier molecular flexibility index (Phi) is 3.49. The van der Waals surface area contributed by atoms with Gasteiger partial charge in [-0.3, -0.25) is 4.79 Å². The van der Waals surface area contributed by atoms with Crippen LogP contribution in [0.2, 0.25) is 5.02 Å². The zero-order valence-electron chi connectivity index (χ0n) is 8.90. The highest BCUT2D eigenvalue weighted by Gasteiger charge is 2.28. The first-order valence-electron chi connectivity index (χ1n) is 5.10. The number of hydrogen-bond acceptors (Lipinski definition) is 3. The maximum atomic E-state index is 11.6. The standard InChI is InChI=1S/C11H11ClN2O3/c12-8-3-1-7(2-4-8)5-13-10(15)9-6-17-11(16)14-9/h1-4,9H,5-6H2,(H,13,15)(H,14,16). The summed E-state index contributed by atoms with van der Waals surface area (Å²) in [6.45, 7) is 0.466. The van der Waals surface area contributed by atoms with Gasteiger partial charge in [-0.1, -0.05) is 23.7 Å². The quantitative estimate of drug-likeness (QED) is 0.848. The molecule has 0 bridgehead atoms. The van der Waals surface area contributed by atoms with Crippen LogP contribution in [0.3, 0.4) is 0 Å². The van der Waals surface area contributed by atoms with Crippen LogP contribution in [0.5, 0.6) is 0 Å². The number of benzene rings is 1. The number of alkyl carbamates (subject to hydrolysis) is 1. The van der Waals surface area contributed by atoms with E-state index in [4.69, 9.17) is 11.6 Å². The minimum absolute atomic E-state index is 0.0747. The molecule has 5 nitrogen and oxygen atoms in total. The number of hydrogen-bond donors (Lipinski definition) is 2. The second kappa shape index (κ2) is 5.05. The number of rotatable bonds is 3. The van der Waals surface area contributed by atoms with E-state index in [9.17, 15) is 9.59 Å². The van der Waals surface area contributed by atoms with Gasteiger partial charge in [-0.15, -0.1) is 0 Å². The highest BCUT2D eigenvalue weighted by Crippen LogP contribution is 2.09. The maximum Gasteiger partial charge on any atom is 0.407 e. The van der Waals surface area contributed by atoms with Crippen molar-refractivity contribution in [3.05, 3.63) is 34.9 Å². The van der Waals surface area contributed by atoms with Gasteiger partial charge in [0.1, 0.15) is 12.6 Å². The fourth-order valence-electron chi connectivity index (χ4n) is 1.44. The number of carbonyl (C=O) groups is 2. The van der Waals surface area contributed by atoms with Crippen LogP contribution >= 0.6 is 11.6 Å². The van der Waals surface area contributed by atoms with Crippen LogP contribution in [0.4, 0.5) is 4.79 Å². The lowest BCUT2D eigenvalue weighted by atomic mass is 10.2. The highest BCUT2D eigenvalue weighted by atomic mass is 35.5. The van der Waals surface area contributed by atoms with Crippen LogP contribution in [0.1, 0.15) is 5.56 Å². The number of nitrogens with one attached hydrogen (secondary N) is 2. The number of ether oxygens (including phenoxy) is 1. The molecule has 1 aliphatic rings. The molecule has 17 heavy (non-hydrogen) atoms. The first kappa shape index (κ1) is 11.7. The molecule has 2 N–H and O–H groups in total. The normalized spacial score (nSPS) is 18.4. The van der Waals surface area contributed by atoms with E-state index in [1.54, 1.807) is 12.1 Å². The molecule has 0 spiro atoms. The molecule has 0 saturated carbocycles. The smallest absolute Gasteiger partial charge is 0.407 e. The molecule has 0 radical (unpaired) electrons. The van der Waals surface area contributed by atoms with Crippen LogP contribution in [-0.2, 0) is 16.1 Å². The SMILES string of the molecule is O=C1NC(C(=O)NCc2ccc(Cl)cc2)CO1. The molecule has 1 aliphatic heterocycles. The lowest BCUT2D eigenvalue weighted by molar-refractivity contribution is -0.122. The zero-order chi connectivity index (χ0) is 12.3. The molecule has 1 atom stereocenters. The molecule has 1 unspecified atom stereocenters. The van der Waals surface area contributed by atoms with Crippen molar-refractivity contribution in [2.24, 2.45) is 0 Å². The van der Waals surface area contributed by atoms with Gasteiger partial charge in [0, 0.05) is 11.6 Å². The van der Waals surface area contributed by atoms with E-state index in [-0.39, 0.29) is 12.5 Å². The first-order chi connectivity index (χ1) is 8.15. The molecule has 0 aromatic heterocycles. The average Bonchev–Trinajstić information content (AvgIpc) is 2.75. The third-order valence-corrected chi connectivity index (χ3v) is 2.62. The molecular weight excluding hydrogens is 244 g/mol. The number of carbonyl (C=O) groups excluding carboxylic acids is 2. The Hall–Kier alpha value is -1.75. The van der Waals surface area contributed by atoms with E-state index in [1.807, 2.05) is 12.1 Å². The van der Waals surface area contributed by atoms with Gasteiger partial charge in [-0.05, 0) is 17.7 Å². The third kappa shape index (κ3) is 3.10. The van der Waals surface area contributed by atoms with E-state index in [0.29, 0.717) is 11.6 Å². The fourth-order valence-corrected chi connectivity index (χ4v) is 1.57. The molecule has 2 amide bonds.